The van der Waals surface area contributed by atoms with Crippen molar-refractivity contribution in [2.75, 3.05) is 33.2 Å². The van der Waals surface area contributed by atoms with Gasteiger partial charge in [0, 0.05) is 10.6 Å². The zero-order chi connectivity index (χ0) is 15.1. The van der Waals surface area contributed by atoms with Gasteiger partial charge >= 0.3 is 0 Å². The van der Waals surface area contributed by atoms with E-state index in [9.17, 15) is 4.79 Å². The molecule has 1 aromatic carbocycles. The normalized spacial score (nSPS) is 15.1. The molecule has 1 fully saturated rings. The average molecular weight is 396 g/mol. The fourth-order valence-corrected chi connectivity index (χ4v) is 2.99. The van der Waals surface area contributed by atoms with Crippen molar-refractivity contribution >= 4 is 28.5 Å². The largest absolute Gasteiger partial charge is 0.331 e. The second kappa shape index (κ2) is 8.40. The van der Waals surface area contributed by atoms with Crippen LogP contribution >= 0.6 is 22.6 Å². The number of rotatable bonds is 3. The van der Waals surface area contributed by atoms with Crippen LogP contribution in [0, 0.1) is 15.4 Å². The van der Waals surface area contributed by atoms with Crippen molar-refractivity contribution in [2.45, 2.75) is 19.3 Å². The van der Waals surface area contributed by atoms with Gasteiger partial charge < -0.3 is 4.90 Å². The number of hydrogen-bond donors (Lipinski definition) is 0. The molecule has 0 N–H and O–H groups in total. The minimum atomic E-state index is 0.0345. The molecule has 0 spiro atoms. The van der Waals surface area contributed by atoms with Gasteiger partial charge in [0.05, 0.1) is 18.7 Å². The van der Waals surface area contributed by atoms with E-state index in [-0.39, 0.29) is 5.91 Å². The highest BCUT2D eigenvalue weighted by atomic mass is 127. The smallest absolute Gasteiger partial charge is 0.255 e. The van der Waals surface area contributed by atoms with Gasteiger partial charge in [-0.3, -0.25) is 9.69 Å². The van der Waals surface area contributed by atoms with Crippen LogP contribution in [0.5, 0.6) is 0 Å². The summed E-state index contributed by atoms with van der Waals surface area (Å²) in [6.45, 7) is 3.62. The Hall–Kier alpha value is -1.06. The maximum absolute atomic E-state index is 12.3. The number of piperidine rings is 1. The lowest BCUT2D eigenvalue weighted by atomic mass is 10.1. The number of hydrogen-bond acceptors (Lipinski definition) is 2. The minimum absolute atomic E-state index is 0.0345. The van der Waals surface area contributed by atoms with Gasteiger partial charge in [0.15, 0.2) is 0 Å². The minimum Gasteiger partial charge on any atom is -0.331 e. The van der Waals surface area contributed by atoms with E-state index in [1.165, 1.54) is 19.3 Å². The van der Waals surface area contributed by atoms with Gasteiger partial charge in [-0.25, -0.2) is 0 Å². The molecule has 0 unspecified atom stereocenters. The lowest BCUT2D eigenvalue weighted by Gasteiger charge is -2.23. The van der Waals surface area contributed by atoms with Crippen LogP contribution in [0.4, 0.5) is 0 Å². The fourth-order valence-electron chi connectivity index (χ4n) is 2.37. The molecule has 2 rings (SSSR count). The summed E-state index contributed by atoms with van der Waals surface area (Å²) in [5.41, 5.74) is 0.749. The van der Waals surface area contributed by atoms with Crippen molar-refractivity contribution in [3.8, 4) is 11.8 Å². The first kappa shape index (κ1) is 16.3. The van der Waals surface area contributed by atoms with Crippen LogP contribution in [0.3, 0.4) is 0 Å². The van der Waals surface area contributed by atoms with Crippen LogP contribution in [0.15, 0.2) is 24.3 Å². The molecule has 0 saturated carbocycles. The predicted molar refractivity (Wildman–Crippen MR) is 94.2 cm³/mol. The molecule has 0 radical (unpaired) electrons. The molecule has 0 aliphatic carbocycles. The van der Waals surface area contributed by atoms with E-state index in [2.05, 4.69) is 39.3 Å². The number of benzene rings is 1. The maximum atomic E-state index is 12.3. The second-order valence-electron chi connectivity index (χ2n) is 5.33. The molecule has 0 bridgehead atoms. The summed E-state index contributed by atoms with van der Waals surface area (Å²) in [7, 11) is 1.81. The Morgan fingerprint density at radius 2 is 1.95 bits per heavy atom. The van der Waals surface area contributed by atoms with Crippen molar-refractivity contribution < 1.29 is 4.79 Å². The lowest BCUT2D eigenvalue weighted by Crippen LogP contribution is -2.30. The summed E-state index contributed by atoms with van der Waals surface area (Å²) in [4.78, 5) is 16.4. The molecule has 3 nitrogen and oxygen atoms in total. The van der Waals surface area contributed by atoms with Gasteiger partial charge in [-0.1, -0.05) is 30.4 Å². The molecule has 1 aromatic rings. The Morgan fingerprint density at radius 1 is 1.24 bits per heavy atom. The third kappa shape index (κ3) is 5.01. The van der Waals surface area contributed by atoms with Crippen LogP contribution < -0.4 is 0 Å². The van der Waals surface area contributed by atoms with Gasteiger partial charge in [0.2, 0.25) is 0 Å². The van der Waals surface area contributed by atoms with E-state index in [4.69, 9.17) is 0 Å². The number of halogens is 1. The molecule has 0 aromatic heterocycles. The SMILES string of the molecule is CN(CC#CCN1CCCCC1)C(=O)c1ccccc1I. The van der Waals surface area contributed by atoms with Crippen molar-refractivity contribution in [1.29, 1.82) is 0 Å². The molecule has 1 aliphatic heterocycles. The number of carbonyl (C=O) groups excluding carboxylic acids is 1. The highest BCUT2D eigenvalue weighted by Crippen LogP contribution is 2.13. The van der Waals surface area contributed by atoms with E-state index in [0.29, 0.717) is 6.54 Å². The van der Waals surface area contributed by atoms with Crippen molar-refractivity contribution in [1.82, 2.24) is 9.80 Å². The summed E-state index contributed by atoms with van der Waals surface area (Å²) in [5.74, 6) is 6.34. The molecule has 1 aliphatic rings. The standard InChI is InChI=1S/C17H21IN2O/c1-19(17(21)15-9-3-4-10-16(15)18)11-7-8-14-20-12-5-2-6-13-20/h3-4,9-10H,2,5-6,11-14H2,1H3. The fraction of sp³-hybridized carbons (Fsp3) is 0.471. The summed E-state index contributed by atoms with van der Waals surface area (Å²) in [6.07, 6.45) is 3.91. The number of amides is 1. The summed E-state index contributed by atoms with van der Waals surface area (Å²) < 4.78 is 0.980. The van der Waals surface area contributed by atoms with Crippen LogP contribution in [0.1, 0.15) is 29.6 Å². The molecule has 21 heavy (non-hydrogen) atoms. The lowest BCUT2D eigenvalue weighted by molar-refractivity contribution is 0.0811. The van der Waals surface area contributed by atoms with E-state index < -0.39 is 0 Å². The molecule has 1 amide bonds. The first-order valence-corrected chi connectivity index (χ1v) is 8.44. The van der Waals surface area contributed by atoms with Crippen molar-refractivity contribution in [3.05, 3.63) is 33.4 Å². The van der Waals surface area contributed by atoms with Gasteiger partial charge in [-0.05, 0) is 60.7 Å². The predicted octanol–water partition coefficient (Wildman–Crippen LogP) is 2.85. The van der Waals surface area contributed by atoms with Gasteiger partial charge in [0.25, 0.3) is 5.91 Å². The molecule has 112 valence electrons. The Kier molecular flexibility index (Phi) is 6.52. The molecule has 0 atom stereocenters. The Morgan fingerprint density at radius 3 is 2.67 bits per heavy atom. The molecule has 1 heterocycles. The first-order valence-electron chi connectivity index (χ1n) is 7.36. The zero-order valence-electron chi connectivity index (χ0n) is 12.4. The topological polar surface area (TPSA) is 23.6 Å². The van der Waals surface area contributed by atoms with Gasteiger partial charge in [-0.15, -0.1) is 0 Å². The van der Waals surface area contributed by atoms with Crippen LogP contribution in [-0.4, -0.2) is 48.9 Å². The number of carbonyl (C=O) groups is 1. The monoisotopic (exact) mass is 396 g/mol. The van der Waals surface area contributed by atoms with Crippen LogP contribution in [0.25, 0.3) is 0 Å². The first-order chi connectivity index (χ1) is 10.2. The molecule has 4 heteroatoms. The highest BCUT2D eigenvalue weighted by Gasteiger charge is 2.13. The van der Waals surface area contributed by atoms with Gasteiger partial charge in [-0.2, -0.15) is 0 Å². The highest BCUT2D eigenvalue weighted by molar-refractivity contribution is 14.1. The number of nitrogens with zero attached hydrogens (tertiary/aromatic N) is 2. The number of likely N-dealkylation sites (tertiary alicyclic amines) is 1. The van der Waals surface area contributed by atoms with Crippen molar-refractivity contribution in [3.63, 3.8) is 0 Å². The molecular weight excluding hydrogens is 375 g/mol. The molecular formula is C17H21IN2O. The Balaban J connectivity index is 1.83. The summed E-state index contributed by atoms with van der Waals surface area (Å²) in [5, 5.41) is 0. The van der Waals surface area contributed by atoms with Crippen LogP contribution in [-0.2, 0) is 0 Å². The third-order valence-corrected chi connectivity index (χ3v) is 4.58. The third-order valence-electron chi connectivity index (χ3n) is 3.64. The Labute approximate surface area is 140 Å². The van der Waals surface area contributed by atoms with Crippen molar-refractivity contribution in [2.24, 2.45) is 0 Å². The zero-order valence-corrected chi connectivity index (χ0v) is 14.6. The quantitative estimate of drug-likeness (QED) is 0.580. The summed E-state index contributed by atoms with van der Waals surface area (Å²) >= 11 is 2.19. The Bertz CT molecular complexity index is 541. The molecule has 1 saturated heterocycles. The van der Waals surface area contributed by atoms with Crippen LogP contribution in [0.2, 0.25) is 0 Å². The second-order valence-corrected chi connectivity index (χ2v) is 6.49. The van der Waals surface area contributed by atoms with E-state index >= 15 is 0 Å². The van der Waals surface area contributed by atoms with E-state index in [1.54, 1.807) is 11.9 Å². The summed E-state index contributed by atoms with van der Waals surface area (Å²) in [6, 6.07) is 7.65. The van der Waals surface area contributed by atoms with E-state index in [1.807, 2.05) is 24.3 Å². The average Bonchev–Trinajstić information content (AvgIpc) is 2.52. The van der Waals surface area contributed by atoms with Gasteiger partial charge in [0.1, 0.15) is 0 Å². The maximum Gasteiger partial charge on any atom is 0.255 e. The van der Waals surface area contributed by atoms with E-state index in [0.717, 1.165) is 28.8 Å².